The third kappa shape index (κ3) is 5.28. The maximum Gasteiger partial charge on any atom is 0.416 e. The van der Waals surface area contributed by atoms with Gasteiger partial charge in [-0.2, -0.15) is 0 Å². The molecule has 2 aliphatic rings. The lowest BCUT2D eigenvalue weighted by atomic mass is 9.88. The SMILES string of the molecule is CN(C)CCCOc1ccc(C2C3=C(CCN2C(=O)Oc2ccccc2)c2cc(Cl)ccc2C3)cc1. The largest absolute Gasteiger partial charge is 0.494 e. The molecule has 1 atom stereocenters. The normalized spacial score (nSPS) is 16.7. The van der Waals surface area contributed by atoms with E-state index in [0.717, 1.165) is 42.1 Å². The molecule has 1 aliphatic heterocycles. The number of benzene rings is 3. The van der Waals surface area contributed by atoms with Crippen molar-refractivity contribution in [3.8, 4) is 11.5 Å². The zero-order valence-electron chi connectivity index (χ0n) is 20.7. The number of hydrogen-bond acceptors (Lipinski definition) is 4. The highest BCUT2D eigenvalue weighted by Crippen LogP contribution is 2.47. The van der Waals surface area contributed by atoms with E-state index in [1.54, 1.807) is 12.1 Å². The summed E-state index contributed by atoms with van der Waals surface area (Å²) in [5, 5.41) is 0.737. The highest BCUT2D eigenvalue weighted by molar-refractivity contribution is 6.30. The Hall–Kier alpha value is -3.28. The van der Waals surface area contributed by atoms with Crippen molar-refractivity contribution >= 4 is 23.3 Å². The molecular formula is C30H31ClN2O3. The minimum Gasteiger partial charge on any atom is -0.494 e. The van der Waals surface area contributed by atoms with Gasteiger partial charge in [0.1, 0.15) is 11.5 Å². The minimum atomic E-state index is -0.337. The van der Waals surface area contributed by atoms with E-state index < -0.39 is 0 Å². The number of carbonyl (C=O) groups excluding carboxylic acids is 1. The van der Waals surface area contributed by atoms with Crippen molar-refractivity contribution in [1.82, 2.24) is 9.80 Å². The van der Waals surface area contributed by atoms with Crippen LogP contribution in [0.3, 0.4) is 0 Å². The van der Waals surface area contributed by atoms with Crippen molar-refractivity contribution in [2.45, 2.75) is 25.3 Å². The lowest BCUT2D eigenvalue weighted by Gasteiger charge is -2.37. The molecule has 36 heavy (non-hydrogen) atoms. The second kappa shape index (κ2) is 10.8. The maximum atomic E-state index is 13.4. The number of nitrogens with zero attached hydrogens (tertiary/aromatic N) is 2. The number of hydrogen-bond donors (Lipinski definition) is 0. The first kappa shape index (κ1) is 24.4. The lowest BCUT2D eigenvalue weighted by molar-refractivity contribution is 0.137. The summed E-state index contributed by atoms with van der Waals surface area (Å²) >= 11 is 6.34. The number of fused-ring (bicyclic) bond motifs is 2. The van der Waals surface area contributed by atoms with Gasteiger partial charge in [-0.3, -0.25) is 4.90 Å². The first-order chi connectivity index (χ1) is 17.5. The van der Waals surface area contributed by atoms with E-state index in [-0.39, 0.29) is 12.1 Å². The van der Waals surface area contributed by atoms with Crippen LogP contribution >= 0.6 is 11.6 Å². The molecule has 0 spiro atoms. The van der Waals surface area contributed by atoms with Crippen molar-refractivity contribution in [2.24, 2.45) is 0 Å². The predicted molar refractivity (Wildman–Crippen MR) is 144 cm³/mol. The third-order valence-electron chi connectivity index (χ3n) is 6.81. The number of amides is 1. The third-order valence-corrected chi connectivity index (χ3v) is 7.04. The van der Waals surface area contributed by atoms with Gasteiger partial charge in [0.15, 0.2) is 0 Å². The summed E-state index contributed by atoms with van der Waals surface area (Å²) in [5.74, 6) is 1.38. The van der Waals surface area contributed by atoms with Gasteiger partial charge in [-0.1, -0.05) is 48.0 Å². The van der Waals surface area contributed by atoms with E-state index in [1.165, 1.54) is 22.3 Å². The molecule has 1 amide bonds. The number of halogens is 1. The molecular weight excluding hydrogens is 472 g/mol. The zero-order valence-corrected chi connectivity index (χ0v) is 21.5. The zero-order chi connectivity index (χ0) is 25.1. The van der Waals surface area contributed by atoms with Gasteiger partial charge in [-0.25, -0.2) is 4.79 Å². The van der Waals surface area contributed by atoms with Crippen LogP contribution in [-0.2, 0) is 6.42 Å². The average Bonchev–Trinajstić information content (AvgIpc) is 3.25. The molecule has 1 heterocycles. The molecule has 0 saturated heterocycles. The molecule has 0 saturated carbocycles. The van der Waals surface area contributed by atoms with E-state index >= 15 is 0 Å². The Balaban J connectivity index is 1.42. The lowest BCUT2D eigenvalue weighted by Crippen LogP contribution is -2.41. The minimum absolute atomic E-state index is 0.209. The Labute approximate surface area is 217 Å². The van der Waals surface area contributed by atoms with Crippen LogP contribution in [0.15, 0.2) is 78.4 Å². The number of ether oxygens (including phenoxy) is 2. The van der Waals surface area contributed by atoms with E-state index in [9.17, 15) is 4.79 Å². The van der Waals surface area contributed by atoms with Gasteiger partial charge in [0.25, 0.3) is 0 Å². The van der Waals surface area contributed by atoms with Crippen LogP contribution in [0, 0.1) is 0 Å². The Morgan fingerprint density at radius 1 is 1.03 bits per heavy atom. The van der Waals surface area contributed by atoms with E-state index in [2.05, 4.69) is 43.3 Å². The van der Waals surface area contributed by atoms with Gasteiger partial charge in [-0.15, -0.1) is 0 Å². The maximum absolute atomic E-state index is 13.4. The fourth-order valence-corrected chi connectivity index (χ4v) is 5.29. The topological polar surface area (TPSA) is 42.0 Å². The summed E-state index contributed by atoms with van der Waals surface area (Å²) < 4.78 is 11.7. The average molecular weight is 503 g/mol. The number of para-hydroxylation sites is 1. The van der Waals surface area contributed by atoms with Gasteiger partial charge in [0.2, 0.25) is 0 Å². The van der Waals surface area contributed by atoms with Crippen LogP contribution in [-0.4, -0.2) is 49.7 Å². The molecule has 186 valence electrons. The van der Waals surface area contributed by atoms with E-state index in [0.29, 0.717) is 18.9 Å². The second-order valence-electron chi connectivity index (χ2n) is 9.58. The quantitative estimate of drug-likeness (QED) is 0.340. The van der Waals surface area contributed by atoms with Crippen molar-refractivity contribution in [2.75, 3.05) is 33.8 Å². The molecule has 5 rings (SSSR count). The van der Waals surface area contributed by atoms with Crippen molar-refractivity contribution in [3.63, 3.8) is 0 Å². The monoisotopic (exact) mass is 502 g/mol. The smallest absolute Gasteiger partial charge is 0.416 e. The highest BCUT2D eigenvalue weighted by Gasteiger charge is 2.38. The second-order valence-corrected chi connectivity index (χ2v) is 10.0. The molecule has 6 heteroatoms. The molecule has 3 aromatic rings. The van der Waals surface area contributed by atoms with Gasteiger partial charge in [0, 0.05) is 18.1 Å². The van der Waals surface area contributed by atoms with E-state index in [1.807, 2.05) is 41.3 Å². The first-order valence-corrected chi connectivity index (χ1v) is 12.8. The molecule has 5 nitrogen and oxygen atoms in total. The van der Waals surface area contributed by atoms with Crippen molar-refractivity contribution in [1.29, 1.82) is 0 Å². The number of rotatable bonds is 7. The summed E-state index contributed by atoms with van der Waals surface area (Å²) in [6.07, 6.45) is 2.20. The Bertz CT molecular complexity index is 1250. The Kier molecular flexibility index (Phi) is 7.30. The van der Waals surface area contributed by atoms with Crippen LogP contribution in [0.25, 0.3) is 5.57 Å². The van der Waals surface area contributed by atoms with Crippen LogP contribution in [0.1, 0.15) is 35.6 Å². The van der Waals surface area contributed by atoms with Crippen LogP contribution in [0.2, 0.25) is 5.02 Å². The van der Waals surface area contributed by atoms with Gasteiger partial charge in [-0.05, 0) is 97.6 Å². The molecule has 1 unspecified atom stereocenters. The summed E-state index contributed by atoms with van der Waals surface area (Å²) in [7, 11) is 4.12. The molecule has 0 fully saturated rings. The van der Waals surface area contributed by atoms with Gasteiger partial charge in [0.05, 0.1) is 12.6 Å². The molecule has 0 bridgehead atoms. The Morgan fingerprint density at radius 2 is 1.81 bits per heavy atom. The predicted octanol–water partition coefficient (Wildman–Crippen LogP) is 6.63. The van der Waals surface area contributed by atoms with Gasteiger partial charge < -0.3 is 14.4 Å². The van der Waals surface area contributed by atoms with Crippen molar-refractivity contribution in [3.05, 3.63) is 100 Å². The summed E-state index contributed by atoms with van der Waals surface area (Å²) in [6, 6.07) is 23.3. The molecule has 1 aliphatic carbocycles. The first-order valence-electron chi connectivity index (χ1n) is 12.4. The molecule has 0 radical (unpaired) electrons. The molecule has 3 aromatic carbocycles. The highest BCUT2D eigenvalue weighted by atomic mass is 35.5. The van der Waals surface area contributed by atoms with Crippen LogP contribution in [0.4, 0.5) is 4.79 Å². The van der Waals surface area contributed by atoms with Gasteiger partial charge >= 0.3 is 6.09 Å². The van der Waals surface area contributed by atoms with Crippen molar-refractivity contribution < 1.29 is 14.3 Å². The van der Waals surface area contributed by atoms with E-state index in [4.69, 9.17) is 21.1 Å². The van der Waals surface area contributed by atoms with Crippen LogP contribution < -0.4 is 9.47 Å². The number of carbonyl (C=O) groups is 1. The summed E-state index contributed by atoms with van der Waals surface area (Å²) in [6.45, 7) is 2.23. The Morgan fingerprint density at radius 3 is 2.56 bits per heavy atom. The summed E-state index contributed by atoms with van der Waals surface area (Å²) in [4.78, 5) is 17.4. The standard InChI is InChI=1S/C30H31ClN2O3/c1-32(2)16-6-18-35-24-13-10-21(11-14-24)29-28-19-22-9-12-23(31)20-27(22)26(28)15-17-33(29)30(34)36-25-7-4-3-5-8-25/h3-5,7-14,20,29H,6,15-19H2,1-2H3. The fourth-order valence-electron chi connectivity index (χ4n) is 5.12. The fraction of sp³-hybridized carbons (Fsp3) is 0.300. The molecule has 0 aromatic heterocycles. The molecule has 0 N–H and O–H groups in total. The summed E-state index contributed by atoms with van der Waals surface area (Å²) in [5.41, 5.74) is 6.05. The van der Waals surface area contributed by atoms with Crippen LogP contribution in [0.5, 0.6) is 11.5 Å².